The molecule has 0 spiro atoms. The lowest BCUT2D eigenvalue weighted by Crippen LogP contribution is -2.14. The molecule has 28 heavy (non-hydrogen) atoms. The van der Waals surface area contributed by atoms with Crippen LogP contribution in [0.15, 0.2) is 52.5 Å². The number of Topliss-reactive ketones (excluding diaryl/α,β-unsaturated/α-hetero) is 1. The summed E-state index contributed by atoms with van der Waals surface area (Å²) in [5.41, 5.74) is 3.15. The van der Waals surface area contributed by atoms with Crippen LogP contribution in [-0.2, 0) is 16.6 Å². The monoisotopic (exact) mass is 417 g/mol. The molecule has 0 aliphatic rings. The number of hydrogen-bond acceptors (Lipinski definition) is 5. The molecule has 1 atom stereocenters. The van der Waals surface area contributed by atoms with E-state index in [1.165, 1.54) is 23.9 Å². The zero-order valence-electron chi connectivity index (χ0n) is 16.0. The predicted octanol–water partition coefficient (Wildman–Crippen LogP) is 3.77. The van der Waals surface area contributed by atoms with Crippen LogP contribution in [0.5, 0.6) is 0 Å². The molecule has 0 amide bonds. The van der Waals surface area contributed by atoms with Crippen LogP contribution in [0, 0.1) is 6.92 Å². The van der Waals surface area contributed by atoms with Crippen LogP contribution in [0.25, 0.3) is 11.0 Å². The number of thioether (sulfide) groups is 1. The predicted molar refractivity (Wildman–Crippen MR) is 112 cm³/mol. The van der Waals surface area contributed by atoms with Gasteiger partial charge in [-0.15, -0.1) is 0 Å². The minimum absolute atomic E-state index is 0.0291. The van der Waals surface area contributed by atoms with E-state index < -0.39 is 10.0 Å². The van der Waals surface area contributed by atoms with Crippen LogP contribution >= 0.6 is 11.8 Å². The average molecular weight is 418 g/mol. The number of sulfonamides is 1. The lowest BCUT2D eigenvalue weighted by Gasteiger charge is -2.12. The second-order valence-electron chi connectivity index (χ2n) is 6.73. The van der Waals surface area contributed by atoms with E-state index in [2.05, 4.69) is 11.9 Å². The van der Waals surface area contributed by atoms with E-state index in [1.54, 1.807) is 6.07 Å². The Morgan fingerprint density at radius 1 is 1.21 bits per heavy atom. The van der Waals surface area contributed by atoms with Crippen molar-refractivity contribution in [1.82, 2.24) is 9.55 Å². The number of rotatable bonds is 7. The highest BCUT2D eigenvalue weighted by Gasteiger charge is 2.21. The van der Waals surface area contributed by atoms with E-state index in [1.807, 2.05) is 42.7 Å². The van der Waals surface area contributed by atoms with Gasteiger partial charge in [0.05, 0.1) is 21.2 Å². The first kappa shape index (κ1) is 20.6. The number of benzene rings is 2. The Morgan fingerprint density at radius 2 is 1.89 bits per heavy atom. The zero-order valence-corrected chi connectivity index (χ0v) is 17.7. The van der Waals surface area contributed by atoms with E-state index in [-0.39, 0.29) is 15.9 Å². The standard InChI is InChI=1S/C20H23N3O3S2/c1-4-11-23-18-10-9-16(28(21,25)26)12-17(18)22-20(23)27-14(3)19(24)15-7-5-13(2)6-8-15/h5-10,12,14H,4,11H2,1-3H3,(H2,21,25,26). The van der Waals surface area contributed by atoms with E-state index in [0.29, 0.717) is 16.2 Å². The van der Waals surface area contributed by atoms with Crippen LogP contribution < -0.4 is 5.14 Å². The van der Waals surface area contributed by atoms with Gasteiger partial charge in [-0.1, -0.05) is 48.5 Å². The van der Waals surface area contributed by atoms with Crippen LogP contribution in [0.4, 0.5) is 0 Å². The molecule has 2 N–H and O–H groups in total. The normalized spacial score (nSPS) is 13.0. The number of hydrogen-bond donors (Lipinski definition) is 1. The summed E-state index contributed by atoms with van der Waals surface area (Å²) in [6, 6.07) is 12.2. The third-order valence-electron chi connectivity index (χ3n) is 4.45. The zero-order chi connectivity index (χ0) is 20.5. The van der Waals surface area contributed by atoms with Crippen LogP contribution in [0.3, 0.4) is 0 Å². The van der Waals surface area contributed by atoms with Gasteiger partial charge in [-0.05, 0) is 38.5 Å². The largest absolute Gasteiger partial charge is 0.319 e. The topological polar surface area (TPSA) is 95.0 Å². The maximum atomic E-state index is 12.8. The number of aryl methyl sites for hydroxylation is 2. The van der Waals surface area contributed by atoms with E-state index in [9.17, 15) is 13.2 Å². The molecular weight excluding hydrogens is 394 g/mol. The number of nitrogens with two attached hydrogens (primary N) is 1. The SMILES string of the molecule is CCCn1c(SC(C)C(=O)c2ccc(C)cc2)nc2cc(S(N)(=O)=O)ccc21. The second kappa shape index (κ2) is 8.06. The lowest BCUT2D eigenvalue weighted by atomic mass is 10.1. The van der Waals surface area contributed by atoms with Gasteiger partial charge in [-0.2, -0.15) is 0 Å². The fraction of sp³-hybridized carbons (Fsp3) is 0.300. The smallest absolute Gasteiger partial charge is 0.238 e. The van der Waals surface area contributed by atoms with E-state index >= 15 is 0 Å². The minimum atomic E-state index is -3.80. The molecule has 0 radical (unpaired) electrons. The third-order valence-corrected chi connectivity index (χ3v) is 6.45. The summed E-state index contributed by atoms with van der Waals surface area (Å²) in [5, 5.41) is 5.60. The summed E-state index contributed by atoms with van der Waals surface area (Å²) in [7, 11) is -3.80. The number of carbonyl (C=O) groups excluding carboxylic acids is 1. The molecule has 2 aromatic carbocycles. The first-order valence-corrected chi connectivity index (χ1v) is 11.4. The second-order valence-corrected chi connectivity index (χ2v) is 9.60. The van der Waals surface area contributed by atoms with Crippen molar-refractivity contribution in [3.63, 3.8) is 0 Å². The van der Waals surface area contributed by atoms with Gasteiger partial charge >= 0.3 is 0 Å². The molecule has 0 aliphatic carbocycles. The Morgan fingerprint density at radius 3 is 2.50 bits per heavy atom. The molecule has 1 aromatic heterocycles. The van der Waals surface area contributed by atoms with Crippen molar-refractivity contribution >= 4 is 38.6 Å². The maximum Gasteiger partial charge on any atom is 0.238 e. The Balaban J connectivity index is 1.95. The number of ketones is 1. The van der Waals surface area contributed by atoms with E-state index in [0.717, 1.165) is 24.0 Å². The maximum absolute atomic E-state index is 12.8. The van der Waals surface area contributed by atoms with Gasteiger partial charge in [0.15, 0.2) is 10.9 Å². The number of nitrogens with zero attached hydrogens (tertiary/aromatic N) is 2. The van der Waals surface area contributed by atoms with Crippen LogP contribution in [-0.4, -0.2) is 29.0 Å². The van der Waals surface area contributed by atoms with Gasteiger partial charge in [0, 0.05) is 12.1 Å². The number of carbonyl (C=O) groups is 1. The number of imidazole rings is 1. The van der Waals surface area contributed by atoms with Gasteiger partial charge in [0.1, 0.15) is 0 Å². The highest BCUT2D eigenvalue weighted by Crippen LogP contribution is 2.30. The fourth-order valence-corrected chi connectivity index (χ4v) is 4.52. The summed E-state index contributed by atoms with van der Waals surface area (Å²) >= 11 is 1.38. The van der Waals surface area contributed by atoms with Crippen molar-refractivity contribution in [3.05, 3.63) is 53.6 Å². The van der Waals surface area contributed by atoms with Crippen molar-refractivity contribution in [2.45, 2.75) is 49.0 Å². The lowest BCUT2D eigenvalue weighted by molar-refractivity contribution is 0.0994. The molecule has 1 heterocycles. The summed E-state index contributed by atoms with van der Waals surface area (Å²) in [6.45, 7) is 6.62. The molecule has 0 bridgehead atoms. The number of primary sulfonamides is 1. The number of aromatic nitrogens is 2. The molecule has 0 saturated carbocycles. The quantitative estimate of drug-likeness (QED) is 0.466. The molecule has 148 valence electrons. The van der Waals surface area contributed by atoms with Gasteiger partial charge in [-0.25, -0.2) is 18.5 Å². The molecule has 0 saturated heterocycles. The molecule has 0 aliphatic heterocycles. The molecular formula is C20H23N3O3S2. The van der Waals surface area contributed by atoms with Crippen molar-refractivity contribution in [2.75, 3.05) is 0 Å². The van der Waals surface area contributed by atoms with E-state index in [4.69, 9.17) is 5.14 Å². The third kappa shape index (κ3) is 4.29. The Bertz CT molecular complexity index is 1120. The van der Waals surface area contributed by atoms with Crippen molar-refractivity contribution in [1.29, 1.82) is 0 Å². The molecule has 8 heteroatoms. The number of fused-ring (bicyclic) bond motifs is 1. The Labute approximate surface area is 169 Å². The Kier molecular flexibility index (Phi) is 5.92. The summed E-state index contributed by atoms with van der Waals surface area (Å²) in [5.74, 6) is 0.0327. The summed E-state index contributed by atoms with van der Waals surface area (Å²) < 4.78 is 25.3. The highest BCUT2D eigenvalue weighted by atomic mass is 32.2. The Hall–Kier alpha value is -2.16. The molecule has 3 aromatic rings. The average Bonchev–Trinajstić information content (AvgIpc) is 2.98. The molecule has 6 nitrogen and oxygen atoms in total. The molecule has 3 rings (SSSR count). The van der Waals surface area contributed by atoms with Crippen LogP contribution in [0.1, 0.15) is 36.2 Å². The van der Waals surface area contributed by atoms with Crippen molar-refractivity contribution in [2.24, 2.45) is 5.14 Å². The van der Waals surface area contributed by atoms with Gasteiger partial charge < -0.3 is 4.57 Å². The van der Waals surface area contributed by atoms with Gasteiger partial charge in [-0.3, -0.25) is 4.79 Å². The first-order valence-electron chi connectivity index (χ1n) is 9.01. The summed E-state index contributed by atoms with van der Waals surface area (Å²) in [4.78, 5) is 17.4. The molecule has 0 fully saturated rings. The fourth-order valence-electron chi connectivity index (χ4n) is 2.96. The minimum Gasteiger partial charge on any atom is -0.319 e. The molecule has 1 unspecified atom stereocenters. The van der Waals surface area contributed by atoms with Crippen molar-refractivity contribution in [3.8, 4) is 0 Å². The summed E-state index contributed by atoms with van der Waals surface area (Å²) in [6.07, 6.45) is 0.885. The first-order chi connectivity index (χ1) is 13.2. The van der Waals surface area contributed by atoms with Crippen LogP contribution in [0.2, 0.25) is 0 Å². The van der Waals surface area contributed by atoms with Gasteiger partial charge in [0.25, 0.3) is 0 Å². The highest BCUT2D eigenvalue weighted by molar-refractivity contribution is 8.00. The van der Waals surface area contributed by atoms with Gasteiger partial charge in [0.2, 0.25) is 10.0 Å². The van der Waals surface area contributed by atoms with Crippen molar-refractivity contribution < 1.29 is 13.2 Å².